The zero-order chi connectivity index (χ0) is 19.8. The molecule has 6 nitrogen and oxygen atoms in total. The Kier molecular flexibility index (Phi) is 4.89. The molecule has 1 aliphatic carbocycles. The Bertz CT molecular complexity index is 1120. The van der Waals surface area contributed by atoms with E-state index >= 15 is 0 Å². The van der Waals surface area contributed by atoms with E-state index in [0.29, 0.717) is 5.02 Å². The molecule has 28 heavy (non-hydrogen) atoms. The number of rotatable bonds is 4. The van der Waals surface area contributed by atoms with E-state index in [2.05, 4.69) is 10.3 Å². The number of aromatic amines is 1. The largest absolute Gasteiger partial charge is 0.478 e. The molecule has 0 saturated carbocycles. The second kappa shape index (κ2) is 7.36. The van der Waals surface area contributed by atoms with Gasteiger partial charge in [0, 0.05) is 46.6 Å². The number of ether oxygens (including phenoxy) is 1. The number of hydrogen-bond acceptors (Lipinski definition) is 3. The molecule has 0 spiro atoms. The summed E-state index contributed by atoms with van der Waals surface area (Å²) in [5, 5.41) is 4.84. The van der Waals surface area contributed by atoms with Crippen LogP contribution in [0.1, 0.15) is 35.8 Å². The molecule has 1 amide bonds. The number of aromatic nitrogens is 2. The molecule has 2 heterocycles. The summed E-state index contributed by atoms with van der Waals surface area (Å²) in [6.07, 6.45) is 4.39. The first-order chi connectivity index (χ1) is 13.4. The van der Waals surface area contributed by atoms with Crippen LogP contribution < -0.4 is 15.5 Å². The lowest BCUT2D eigenvalue weighted by molar-refractivity contribution is -0.124. The first-order valence-corrected chi connectivity index (χ1v) is 9.69. The van der Waals surface area contributed by atoms with Gasteiger partial charge < -0.3 is 19.6 Å². The quantitative estimate of drug-likeness (QED) is 0.706. The van der Waals surface area contributed by atoms with Crippen LogP contribution in [0.25, 0.3) is 10.9 Å². The lowest BCUT2D eigenvalue weighted by Crippen LogP contribution is -2.35. The van der Waals surface area contributed by atoms with E-state index in [4.69, 9.17) is 16.3 Å². The van der Waals surface area contributed by atoms with Crippen molar-refractivity contribution in [3.8, 4) is 5.75 Å². The van der Waals surface area contributed by atoms with Gasteiger partial charge in [-0.2, -0.15) is 0 Å². The fourth-order valence-corrected chi connectivity index (χ4v) is 3.94. The number of carbonyl (C=O) groups is 1. The monoisotopic (exact) mass is 399 g/mol. The van der Waals surface area contributed by atoms with Gasteiger partial charge in [0.05, 0.1) is 6.04 Å². The molecule has 0 radical (unpaired) electrons. The molecule has 4 rings (SSSR count). The lowest BCUT2D eigenvalue weighted by atomic mass is 9.91. The summed E-state index contributed by atoms with van der Waals surface area (Å²) in [5.41, 5.74) is 3.87. The third-order valence-electron chi connectivity index (χ3n) is 5.31. The molecule has 0 saturated heterocycles. The van der Waals surface area contributed by atoms with Crippen molar-refractivity contribution in [1.82, 2.24) is 14.9 Å². The number of pyridine rings is 1. The van der Waals surface area contributed by atoms with Crippen LogP contribution in [0.3, 0.4) is 0 Å². The fraction of sp³-hybridized carbons (Fsp3) is 0.333. The maximum atomic E-state index is 12.4. The first kappa shape index (κ1) is 18.6. The second-order valence-electron chi connectivity index (χ2n) is 7.26. The van der Waals surface area contributed by atoms with Crippen LogP contribution in [0.4, 0.5) is 0 Å². The highest BCUT2D eigenvalue weighted by molar-refractivity contribution is 6.31. The molecule has 0 fully saturated rings. The van der Waals surface area contributed by atoms with Gasteiger partial charge in [-0.05, 0) is 49.9 Å². The van der Waals surface area contributed by atoms with E-state index in [-0.39, 0.29) is 29.7 Å². The van der Waals surface area contributed by atoms with Gasteiger partial charge >= 0.3 is 0 Å². The maximum Gasteiger partial charge on any atom is 0.258 e. The summed E-state index contributed by atoms with van der Waals surface area (Å²) in [5.74, 6) is -0.0787. The molecule has 146 valence electrons. The molecule has 1 unspecified atom stereocenters. The number of carbonyl (C=O) groups excluding carboxylic acids is 1. The SMILES string of the molecule is Cc1cc(=O)c(OCC(=O)NC2CCCc3c2[nH]c2ccc(Cl)cc32)cn1C. The third kappa shape index (κ3) is 3.52. The Morgan fingerprint density at radius 2 is 2.21 bits per heavy atom. The van der Waals surface area contributed by atoms with E-state index in [9.17, 15) is 9.59 Å². The highest BCUT2D eigenvalue weighted by Gasteiger charge is 2.25. The molecular formula is C21H22ClN3O3. The minimum atomic E-state index is -0.253. The van der Waals surface area contributed by atoms with Gasteiger partial charge in [-0.1, -0.05) is 11.6 Å². The minimum absolute atomic E-state index is 0.105. The first-order valence-electron chi connectivity index (χ1n) is 9.32. The normalized spacial score (nSPS) is 16.0. The van der Waals surface area contributed by atoms with E-state index in [1.807, 2.05) is 32.2 Å². The van der Waals surface area contributed by atoms with Crippen LogP contribution in [0.15, 0.2) is 35.3 Å². The Morgan fingerprint density at radius 3 is 3.04 bits per heavy atom. The van der Waals surface area contributed by atoms with Crippen molar-refractivity contribution >= 4 is 28.4 Å². The van der Waals surface area contributed by atoms with Gasteiger partial charge in [-0.15, -0.1) is 0 Å². The average Bonchev–Trinajstić information content (AvgIpc) is 3.03. The summed E-state index contributed by atoms with van der Waals surface area (Å²) in [6.45, 7) is 1.64. The molecule has 2 aromatic heterocycles. The number of nitrogens with one attached hydrogen (secondary N) is 2. The number of amides is 1. The van der Waals surface area contributed by atoms with Gasteiger partial charge in [0.25, 0.3) is 5.91 Å². The van der Waals surface area contributed by atoms with Gasteiger partial charge in [0.1, 0.15) is 0 Å². The van der Waals surface area contributed by atoms with Gasteiger partial charge in [0.15, 0.2) is 12.4 Å². The average molecular weight is 400 g/mol. The molecule has 1 atom stereocenters. The van der Waals surface area contributed by atoms with Crippen LogP contribution in [0, 0.1) is 6.92 Å². The number of aryl methyl sites for hydroxylation is 3. The topological polar surface area (TPSA) is 76.1 Å². The van der Waals surface area contributed by atoms with E-state index < -0.39 is 0 Å². The highest BCUT2D eigenvalue weighted by Crippen LogP contribution is 2.35. The Labute approximate surface area is 167 Å². The van der Waals surface area contributed by atoms with Crippen molar-refractivity contribution in [3.05, 3.63) is 62.7 Å². The maximum absolute atomic E-state index is 12.4. The Morgan fingerprint density at radius 1 is 1.39 bits per heavy atom. The van der Waals surface area contributed by atoms with Crippen LogP contribution >= 0.6 is 11.6 Å². The summed E-state index contributed by atoms with van der Waals surface area (Å²) < 4.78 is 7.25. The highest BCUT2D eigenvalue weighted by atomic mass is 35.5. The summed E-state index contributed by atoms with van der Waals surface area (Å²) in [4.78, 5) is 27.9. The van der Waals surface area contributed by atoms with Crippen LogP contribution in [-0.2, 0) is 18.3 Å². The summed E-state index contributed by atoms with van der Waals surface area (Å²) >= 11 is 6.14. The number of fused-ring (bicyclic) bond motifs is 3. The minimum Gasteiger partial charge on any atom is -0.478 e. The zero-order valence-corrected chi connectivity index (χ0v) is 16.6. The van der Waals surface area contributed by atoms with Crippen molar-refractivity contribution in [2.24, 2.45) is 7.05 Å². The lowest BCUT2D eigenvalue weighted by Gasteiger charge is -2.24. The molecule has 7 heteroatoms. The Hall–Kier alpha value is -2.73. The van der Waals surface area contributed by atoms with Gasteiger partial charge in [0.2, 0.25) is 5.43 Å². The van der Waals surface area contributed by atoms with Crippen molar-refractivity contribution < 1.29 is 9.53 Å². The number of halogens is 1. The van der Waals surface area contributed by atoms with Gasteiger partial charge in [-0.3, -0.25) is 9.59 Å². The van der Waals surface area contributed by atoms with Crippen LogP contribution in [-0.4, -0.2) is 22.1 Å². The molecule has 1 aromatic carbocycles. The number of benzene rings is 1. The van der Waals surface area contributed by atoms with E-state index in [1.54, 1.807) is 10.8 Å². The van der Waals surface area contributed by atoms with Crippen molar-refractivity contribution in [3.63, 3.8) is 0 Å². The predicted octanol–water partition coefficient (Wildman–Crippen LogP) is 3.40. The van der Waals surface area contributed by atoms with Crippen LogP contribution in [0.5, 0.6) is 5.75 Å². The zero-order valence-electron chi connectivity index (χ0n) is 15.8. The Balaban J connectivity index is 1.48. The number of H-pyrrole nitrogens is 1. The van der Waals surface area contributed by atoms with E-state index in [1.165, 1.54) is 11.6 Å². The number of nitrogens with zero attached hydrogens (tertiary/aromatic N) is 1. The second-order valence-corrected chi connectivity index (χ2v) is 7.70. The van der Waals surface area contributed by atoms with Crippen molar-refractivity contribution in [2.45, 2.75) is 32.2 Å². The molecular weight excluding hydrogens is 378 g/mol. The standard InChI is InChI=1S/C21H22ClN3O3/c1-12-8-18(26)19(10-25(12)2)28-11-20(27)23-17-5-3-4-14-15-9-13(22)6-7-16(15)24-21(14)17/h6-10,17,24H,3-5,11H2,1-2H3,(H,23,27). The van der Waals surface area contributed by atoms with Crippen molar-refractivity contribution in [2.75, 3.05) is 6.61 Å². The number of hydrogen-bond donors (Lipinski definition) is 2. The fourth-order valence-electron chi connectivity index (χ4n) is 3.77. The van der Waals surface area contributed by atoms with Gasteiger partial charge in [-0.25, -0.2) is 0 Å². The molecule has 0 bridgehead atoms. The van der Waals surface area contributed by atoms with E-state index in [0.717, 1.165) is 41.6 Å². The van der Waals surface area contributed by atoms with Crippen molar-refractivity contribution in [1.29, 1.82) is 0 Å². The molecule has 1 aliphatic rings. The van der Waals surface area contributed by atoms with Crippen LogP contribution in [0.2, 0.25) is 5.02 Å². The molecule has 3 aromatic rings. The summed E-state index contributed by atoms with van der Waals surface area (Å²) in [6, 6.07) is 7.18. The molecule has 0 aliphatic heterocycles. The summed E-state index contributed by atoms with van der Waals surface area (Å²) in [7, 11) is 1.83. The predicted molar refractivity (Wildman–Crippen MR) is 109 cm³/mol. The molecule has 2 N–H and O–H groups in total. The third-order valence-corrected chi connectivity index (χ3v) is 5.55. The smallest absolute Gasteiger partial charge is 0.258 e.